The highest BCUT2D eigenvalue weighted by Crippen LogP contribution is 2.22. The molecular weight excluding hydrogens is 224 g/mol. The maximum absolute atomic E-state index is 5.78. The van der Waals surface area contributed by atoms with Crippen molar-refractivity contribution in [2.24, 2.45) is 11.7 Å². The van der Waals surface area contributed by atoms with Gasteiger partial charge in [-0.1, -0.05) is 13.8 Å². The fourth-order valence-corrected chi connectivity index (χ4v) is 2.45. The third kappa shape index (κ3) is 2.99. The van der Waals surface area contributed by atoms with Gasteiger partial charge in [0.1, 0.15) is 0 Å². The van der Waals surface area contributed by atoms with Crippen LogP contribution >= 0.6 is 0 Å². The molecule has 0 saturated carbocycles. The van der Waals surface area contributed by atoms with Crippen LogP contribution in [0.25, 0.3) is 0 Å². The van der Waals surface area contributed by atoms with Crippen molar-refractivity contribution in [3.8, 4) is 0 Å². The van der Waals surface area contributed by atoms with Crippen molar-refractivity contribution >= 4 is 5.95 Å². The third-order valence-corrected chi connectivity index (χ3v) is 3.59. The summed E-state index contributed by atoms with van der Waals surface area (Å²) in [5.74, 6) is 1.92. The smallest absolute Gasteiger partial charge is 0.225 e. The van der Waals surface area contributed by atoms with Crippen LogP contribution in [-0.2, 0) is 0 Å². The Morgan fingerprint density at radius 2 is 2.22 bits per heavy atom. The van der Waals surface area contributed by atoms with Crippen LogP contribution in [0.1, 0.15) is 44.0 Å². The summed E-state index contributed by atoms with van der Waals surface area (Å²) in [6.07, 6.45) is 2.42. The predicted molar refractivity (Wildman–Crippen MR) is 74.8 cm³/mol. The number of nitrogens with zero attached hydrogens (tertiary/aromatic N) is 3. The van der Waals surface area contributed by atoms with Crippen molar-refractivity contribution in [1.82, 2.24) is 9.97 Å². The van der Waals surface area contributed by atoms with Crippen LogP contribution in [0.3, 0.4) is 0 Å². The van der Waals surface area contributed by atoms with Gasteiger partial charge in [-0.25, -0.2) is 9.97 Å². The lowest BCUT2D eigenvalue weighted by molar-refractivity contribution is 0.419. The SMILES string of the molecule is Cc1cc(C(C)C)nc(N2CCCC(CN)C2)n1. The molecule has 100 valence electrons. The zero-order valence-corrected chi connectivity index (χ0v) is 11.7. The van der Waals surface area contributed by atoms with Crippen molar-refractivity contribution in [1.29, 1.82) is 0 Å². The molecule has 1 unspecified atom stereocenters. The minimum atomic E-state index is 0.445. The number of nitrogens with two attached hydrogens (primary N) is 1. The van der Waals surface area contributed by atoms with E-state index in [1.807, 2.05) is 6.92 Å². The molecule has 18 heavy (non-hydrogen) atoms. The lowest BCUT2D eigenvalue weighted by atomic mass is 9.99. The molecule has 0 aromatic carbocycles. The van der Waals surface area contributed by atoms with Crippen LogP contribution in [0.2, 0.25) is 0 Å². The number of hydrogen-bond acceptors (Lipinski definition) is 4. The molecule has 2 rings (SSSR count). The number of aromatic nitrogens is 2. The third-order valence-electron chi connectivity index (χ3n) is 3.59. The number of piperidine rings is 1. The van der Waals surface area contributed by atoms with Gasteiger partial charge in [-0.2, -0.15) is 0 Å². The van der Waals surface area contributed by atoms with E-state index in [0.29, 0.717) is 11.8 Å². The summed E-state index contributed by atoms with van der Waals surface area (Å²) in [4.78, 5) is 11.6. The standard InChI is InChI=1S/C14H24N4/c1-10(2)13-7-11(3)16-14(17-13)18-6-4-5-12(8-15)9-18/h7,10,12H,4-6,8-9,15H2,1-3H3. The van der Waals surface area contributed by atoms with Gasteiger partial charge in [0.25, 0.3) is 0 Å². The summed E-state index contributed by atoms with van der Waals surface area (Å²) in [6.45, 7) is 9.20. The first-order valence-electron chi connectivity index (χ1n) is 6.90. The van der Waals surface area contributed by atoms with Gasteiger partial charge in [-0.15, -0.1) is 0 Å². The average molecular weight is 248 g/mol. The molecule has 4 heteroatoms. The fraction of sp³-hybridized carbons (Fsp3) is 0.714. The van der Waals surface area contributed by atoms with E-state index in [9.17, 15) is 0 Å². The van der Waals surface area contributed by atoms with Gasteiger partial charge in [0.2, 0.25) is 5.95 Å². The number of aryl methyl sites for hydroxylation is 1. The summed E-state index contributed by atoms with van der Waals surface area (Å²) >= 11 is 0. The molecule has 2 heterocycles. The molecule has 0 bridgehead atoms. The molecule has 1 aliphatic rings. The van der Waals surface area contributed by atoms with Crippen molar-refractivity contribution in [3.63, 3.8) is 0 Å². The van der Waals surface area contributed by atoms with E-state index in [1.54, 1.807) is 0 Å². The highest BCUT2D eigenvalue weighted by Gasteiger charge is 2.21. The number of hydrogen-bond donors (Lipinski definition) is 1. The van der Waals surface area contributed by atoms with Gasteiger partial charge in [0.05, 0.1) is 0 Å². The number of rotatable bonds is 3. The largest absolute Gasteiger partial charge is 0.340 e. The van der Waals surface area contributed by atoms with Crippen molar-refractivity contribution in [2.75, 3.05) is 24.5 Å². The minimum Gasteiger partial charge on any atom is -0.340 e. The Morgan fingerprint density at radius 3 is 2.89 bits per heavy atom. The highest BCUT2D eigenvalue weighted by molar-refractivity contribution is 5.33. The fourth-order valence-electron chi connectivity index (χ4n) is 2.45. The zero-order valence-electron chi connectivity index (χ0n) is 11.7. The first-order valence-corrected chi connectivity index (χ1v) is 6.90. The second-order valence-corrected chi connectivity index (χ2v) is 5.58. The van der Waals surface area contributed by atoms with E-state index in [1.165, 1.54) is 12.8 Å². The maximum atomic E-state index is 5.78. The lowest BCUT2D eigenvalue weighted by Gasteiger charge is -2.32. The normalized spacial score (nSPS) is 20.5. The molecule has 1 aliphatic heterocycles. The van der Waals surface area contributed by atoms with E-state index < -0.39 is 0 Å². The quantitative estimate of drug-likeness (QED) is 0.890. The molecule has 1 atom stereocenters. The van der Waals surface area contributed by atoms with Crippen LogP contribution in [-0.4, -0.2) is 29.6 Å². The van der Waals surface area contributed by atoms with Gasteiger partial charge >= 0.3 is 0 Å². The summed E-state index contributed by atoms with van der Waals surface area (Å²) < 4.78 is 0. The maximum Gasteiger partial charge on any atom is 0.225 e. The Balaban J connectivity index is 2.21. The second-order valence-electron chi connectivity index (χ2n) is 5.58. The van der Waals surface area contributed by atoms with E-state index >= 15 is 0 Å². The molecular formula is C14H24N4. The second kappa shape index (κ2) is 5.65. The first kappa shape index (κ1) is 13.3. The van der Waals surface area contributed by atoms with Gasteiger partial charge in [0, 0.05) is 24.5 Å². The summed E-state index contributed by atoms with van der Waals surface area (Å²) in [5, 5.41) is 0. The van der Waals surface area contributed by atoms with Crippen LogP contribution in [0.15, 0.2) is 6.07 Å². The first-order chi connectivity index (χ1) is 8.60. The molecule has 1 fully saturated rings. The molecule has 0 spiro atoms. The molecule has 0 aliphatic carbocycles. The van der Waals surface area contributed by atoms with Crippen molar-refractivity contribution < 1.29 is 0 Å². The van der Waals surface area contributed by atoms with Gasteiger partial charge in [-0.3, -0.25) is 0 Å². The zero-order chi connectivity index (χ0) is 13.1. The van der Waals surface area contributed by atoms with Crippen LogP contribution in [0.4, 0.5) is 5.95 Å². The van der Waals surface area contributed by atoms with E-state index in [2.05, 4.69) is 29.8 Å². The molecule has 0 amide bonds. The molecule has 0 radical (unpaired) electrons. The summed E-state index contributed by atoms with van der Waals surface area (Å²) in [6, 6.07) is 2.08. The Kier molecular flexibility index (Phi) is 4.17. The van der Waals surface area contributed by atoms with Crippen molar-refractivity contribution in [3.05, 3.63) is 17.5 Å². The molecule has 1 aromatic rings. The summed E-state index contributed by atoms with van der Waals surface area (Å²) in [7, 11) is 0. The molecule has 2 N–H and O–H groups in total. The number of anilines is 1. The average Bonchev–Trinajstić information content (AvgIpc) is 2.38. The molecule has 4 nitrogen and oxygen atoms in total. The van der Waals surface area contributed by atoms with E-state index in [-0.39, 0.29) is 0 Å². The van der Waals surface area contributed by atoms with Crippen LogP contribution in [0, 0.1) is 12.8 Å². The molecule has 1 saturated heterocycles. The van der Waals surface area contributed by atoms with E-state index in [4.69, 9.17) is 10.7 Å². The van der Waals surface area contributed by atoms with Gasteiger partial charge in [0.15, 0.2) is 0 Å². The van der Waals surface area contributed by atoms with Crippen LogP contribution in [0.5, 0.6) is 0 Å². The lowest BCUT2D eigenvalue weighted by Crippen LogP contribution is -2.39. The van der Waals surface area contributed by atoms with Crippen molar-refractivity contribution in [2.45, 2.75) is 39.5 Å². The Bertz CT molecular complexity index is 403. The Morgan fingerprint density at radius 1 is 1.44 bits per heavy atom. The topological polar surface area (TPSA) is 55.0 Å². The highest BCUT2D eigenvalue weighted by atomic mass is 15.3. The van der Waals surface area contributed by atoms with E-state index in [0.717, 1.165) is 37.0 Å². The molecule has 1 aromatic heterocycles. The summed E-state index contributed by atoms with van der Waals surface area (Å²) in [5.41, 5.74) is 7.97. The van der Waals surface area contributed by atoms with Crippen LogP contribution < -0.4 is 10.6 Å². The minimum absolute atomic E-state index is 0.445. The monoisotopic (exact) mass is 248 g/mol. The predicted octanol–water partition coefficient (Wildman–Crippen LogP) is 2.08. The van der Waals surface area contributed by atoms with Gasteiger partial charge in [-0.05, 0) is 44.2 Å². The Labute approximate surface area is 110 Å². The van der Waals surface area contributed by atoms with Gasteiger partial charge < -0.3 is 10.6 Å². The Hall–Kier alpha value is -1.16.